The number of carbonyl (C=O) groups excluding carboxylic acids is 2. The van der Waals surface area contributed by atoms with Crippen molar-refractivity contribution < 1.29 is 18.4 Å². The molecule has 4 rings (SSSR count). The van der Waals surface area contributed by atoms with Crippen LogP contribution in [0.1, 0.15) is 65.1 Å². The lowest BCUT2D eigenvalue weighted by atomic mass is 10.00. The third-order valence-electron chi connectivity index (χ3n) is 6.47. The van der Waals surface area contributed by atoms with Gasteiger partial charge in [0.2, 0.25) is 11.8 Å². The molecule has 3 atom stereocenters. The Kier molecular flexibility index (Phi) is 9.49. The van der Waals surface area contributed by atoms with Crippen LogP contribution in [0.3, 0.4) is 0 Å². The highest BCUT2D eigenvalue weighted by Crippen LogP contribution is 2.29. The average Bonchev–Trinajstić information content (AvgIpc) is 3.58. The fourth-order valence-corrected chi connectivity index (χ4v) is 4.65. The predicted molar refractivity (Wildman–Crippen MR) is 138 cm³/mol. The molecule has 0 aliphatic carbocycles. The van der Waals surface area contributed by atoms with Gasteiger partial charge in [0, 0.05) is 12.7 Å². The van der Waals surface area contributed by atoms with Crippen molar-refractivity contribution in [1.82, 2.24) is 25.2 Å². The quantitative estimate of drug-likeness (QED) is 0.466. The van der Waals surface area contributed by atoms with Crippen LogP contribution in [-0.4, -0.2) is 44.3 Å². The summed E-state index contributed by atoms with van der Waals surface area (Å²) in [5, 5.41) is 10.8. The van der Waals surface area contributed by atoms with Gasteiger partial charge in [-0.05, 0) is 48.9 Å². The zero-order valence-electron chi connectivity index (χ0n) is 22.0. The van der Waals surface area contributed by atoms with E-state index in [0.717, 1.165) is 12.0 Å². The SMILES string of the molecule is CC.CC(NC(=O)C1CCCN1C(=O)C(C(C)C)n1ccnn1)c1ccc(-c2c(F)cccc2F)cc1. The highest BCUT2D eigenvalue weighted by molar-refractivity contribution is 5.90. The van der Waals surface area contributed by atoms with Crippen molar-refractivity contribution in [2.24, 2.45) is 5.92 Å². The van der Waals surface area contributed by atoms with E-state index in [0.29, 0.717) is 18.5 Å². The summed E-state index contributed by atoms with van der Waals surface area (Å²) in [6, 6.07) is 9.06. The van der Waals surface area contributed by atoms with Crippen molar-refractivity contribution >= 4 is 11.8 Å². The van der Waals surface area contributed by atoms with Gasteiger partial charge in [-0.1, -0.05) is 63.2 Å². The highest BCUT2D eigenvalue weighted by atomic mass is 19.1. The molecule has 7 nitrogen and oxygen atoms in total. The van der Waals surface area contributed by atoms with Crippen LogP contribution in [-0.2, 0) is 9.59 Å². The van der Waals surface area contributed by atoms with Crippen molar-refractivity contribution in [1.29, 1.82) is 0 Å². The zero-order chi connectivity index (χ0) is 27.1. The molecule has 1 fully saturated rings. The number of hydrogen-bond acceptors (Lipinski definition) is 4. The van der Waals surface area contributed by atoms with Gasteiger partial charge in [0.05, 0.1) is 17.8 Å². The summed E-state index contributed by atoms with van der Waals surface area (Å²) in [7, 11) is 0. The van der Waals surface area contributed by atoms with E-state index in [9.17, 15) is 18.4 Å². The van der Waals surface area contributed by atoms with Gasteiger partial charge in [-0.3, -0.25) is 9.59 Å². The highest BCUT2D eigenvalue weighted by Gasteiger charge is 2.39. The number of benzene rings is 2. The summed E-state index contributed by atoms with van der Waals surface area (Å²) in [5.74, 6) is -1.66. The van der Waals surface area contributed by atoms with Gasteiger partial charge in [-0.25, -0.2) is 13.5 Å². The first-order valence-electron chi connectivity index (χ1n) is 12.8. The third kappa shape index (κ3) is 6.21. The number of amides is 2. The van der Waals surface area contributed by atoms with Gasteiger partial charge in [0.15, 0.2) is 0 Å². The lowest BCUT2D eigenvalue weighted by Crippen LogP contribution is -2.49. The minimum Gasteiger partial charge on any atom is -0.348 e. The number of hydrogen-bond donors (Lipinski definition) is 1. The number of carbonyl (C=O) groups is 2. The molecule has 37 heavy (non-hydrogen) atoms. The second-order valence-electron chi connectivity index (χ2n) is 9.21. The largest absolute Gasteiger partial charge is 0.348 e. The van der Waals surface area contributed by atoms with Gasteiger partial charge in [0.25, 0.3) is 0 Å². The Morgan fingerprint density at radius 3 is 2.24 bits per heavy atom. The van der Waals surface area contributed by atoms with E-state index in [4.69, 9.17) is 0 Å². The van der Waals surface area contributed by atoms with Crippen molar-refractivity contribution in [2.75, 3.05) is 6.54 Å². The van der Waals surface area contributed by atoms with Crippen LogP contribution in [0.5, 0.6) is 0 Å². The predicted octanol–water partition coefficient (Wildman–Crippen LogP) is 5.32. The molecule has 3 aromatic rings. The first-order valence-corrected chi connectivity index (χ1v) is 12.8. The third-order valence-corrected chi connectivity index (χ3v) is 6.47. The molecule has 0 bridgehead atoms. The second kappa shape index (κ2) is 12.6. The van der Waals surface area contributed by atoms with E-state index in [-0.39, 0.29) is 29.3 Å². The van der Waals surface area contributed by atoms with Crippen LogP contribution in [0.4, 0.5) is 8.78 Å². The average molecular weight is 512 g/mol. The molecule has 1 aliphatic heterocycles. The Morgan fingerprint density at radius 2 is 1.68 bits per heavy atom. The van der Waals surface area contributed by atoms with Gasteiger partial charge < -0.3 is 10.2 Å². The molecule has 9 heteroatoms. The number of nitrogens with zero attached hydrogens (tertiary/aromatic N) is 4. The molecule has 1 N–H and O–H groups in total. The Labute approximate surface area is 216 Å². The van der Waals surface area contributed by atoms with E-state index in [1.54, 1.807) is 40.0 Å². The van der Waals surface area contributed by atoms with Crippen LogP contribution in [0.15, 0.2) is 54.9 Å². The molecule has 0 spiro atoms. The molecule has 2 heterocycles. The topological polar surface area (TPSA) is 80.1 Å². The summed E-state index contributed by atoms with van der Waals surface area (Å²) < 4.78 is 29.7. The number of aromatic nitrogens is 3. The molecule has 2 aromatic carbocycles. The van der Waals surface area contributed by atoms with Crippen molar-refractivity contribution in [2.45, 2.75) is 65.6 Å². The van der Waals surface area contributed by atoms with E-state index in [1.165, 1.54) is 24.4 Å². The van der Waals surface area contributed by atoms with E-state index in [1.807, 2.05) is 34.6 Å². The Hall–Kier alpha value is -3.62. The minimum atomic E-state index is -0.629. The van der Waals surface area contributed by atoms with Crippen LogP contribution in [0.2, 0.25) is 0 Å². The molecule has 3 unspecified atom stereocenters. The van der Waals surface area contributed by atoms with Gasteiger partial charge in [-0.2, -0.15) is 0 Å². The molecule has 2 amide bonds. The van der Waals surface area contributed by atoms with Crippen LogP contribution < -0.4 is 5.32 Å². The standard InChI is InChI=1S/C26H29F2N5O2.C2H6/c1-16(2)24(33-15-13-29-31-33)26(35)32-14-5-8-22(32)25(34)30-17(3)18-9-11-19(12-10-18)23-20(27)6-4-7-21(23)28;1-2/h4,6-7,9-13,15-17,22,24H,5,8,14H2,1-3H3,(H,30,34);1-2H3. The van der Waals surface area contributed by atoms with Gasteiger partial charge in [-0.15, -0.1) is 5.10 Å². The van der Waals surface area contributed by atoms with Crippen LogP contribution in [0.25, 0.3) is 11.1 Å². The van der Waals surface area contributed by atoms with E-state index in [2.05, 4.69) is 15.6 Å². The molecule has 1 aliphatic rings. The molecule has 198 valence electrons. The Balaban J connectivity index is 0.00000186. The number of nitrogens with one attached hydrogen (secondary N) is 1. The Bertz CT molecular complexity index is 1160. The fourth-order valence-electron chi connectivity index (χ4n) is 4.65. The maximum atomic E-state index is 14.1. The molecule has 0 saturated carbocycles. The van der Waals surface area contributed by atoms with Crippen molar-refractivity contribution in [3.05, 3.63) is 72.1 Å². The fraction of sp³-hybridized carbons (Fsp3) is 0.429. The molecular weight excluding hydrogens is 476 g/mol. The summed E-state index contributed by atoms with van der Waals surface area (Å²) in [6.45, 7) is 10.2. The van der Waals surface area contributed by atoms with Gasteiger partial charge >= 0.3 is 0 Å². The summed E-state index contributed by atoms with van der Waals surface area (Å²) >= 11 is 0. The van der Waals surface area contributed by atoms with Crippen LogP contribution >= 0.6 is 0 Å². The molecule has 1 aromatic heterocycles. The summed E-state index contributed by atoms with van der Waals surface area (Å²) in [6.07, 6.45) is 4.51. The smallest absolute Gasteiger partial charge is 0.248 e. The summed E-state index contributed by atoms with van der Waals surface area (Å²) in [4.78, 5) is 28.2. The molecule has 0 radical (unpaired) electrons. The first kappa shape index (κ1) is 28.0. The number of halogens is 2. The lowest BCUT2D eigenvalue weighted by Gasteiger charge is -2.30. The van der Waals surface area contributed by atoms with E-state index < -0.39 is 23.7 Å². The van der Waals surface area contributed by atoms with Crippen LogP contribution in [0, 0.1) is 17.6 Å². The monoisotopic (exact) mass is 511 g/mol. The first-order chi connectivity index (χ1) is 17.8. The number of likely N-dealkylation sites (tertiary alicyclic amines) is 1. The number of rotatable bonds is 7. The van der Waals surface area contributed by atoms with Gasteiger partial charge in [0.1, 0.15) is 23.7 Å². The summed E-state index contributed by atoms with van der Waals surface area (Å²) in [5.41, 5.74) is 1.13. The van der Waals surface area contributed by atoms with E-state index >= 15 is 0 Å². The van der Waals surface area contributed by atoms with Crippen molar-refractivity contribution in [3.63, 3.8) is 0 Å². The normalized spacial score (nSPS) is 16.6. The zero-order valence-corrected chi connectivity index (χ0v) is 22.0. The Morgan fingerprint density at radius 1 is 1.03 bits per heavy atom. The lowest BCUT2D eigenvalue weighted by molar-refractivity contribution is -0.142. The second-order valence-corrected chi connectivity index (χ2v) is 9.21. The minimum absolute atomic E-state index is 0.0229. The van der Waals surface area contributed by atoms with Crippen molar-refractivity contribution in [3.8, 4) is 11.1 Å². The molecular formula is C28H35F2N5O2. The maximum Gasteiger partial charge on any atom is 0.248 e. The maximum absolute atomic E-state index is 14.1. The molecule has 1 saturated heterocycles.